The van der Waals surface area contributed by atoms with Crippen LogP contribution in [-0.2, 0) is 0 Å². The van der Waals surface area contributed by atoms with Gasteiger partial charge in [0, 0.05) is 5.56 Å². The molecule has 3 heteroatoms. The molecule has 0 bridgehead atoms. The molecule has 1 rings (SSSR count). The molecule has 0 spiro atoms. The number of rotatable bonds is 5. The van der Waals surface area contributed by atoms with E-state index >= 15 is 0 Å². The molecule has 14 heavy (non-hydrogen) atoms. The molecule has 1 aromatic carbocycles. The van der Waals surface area contributed by atoms with Crippen molar-refractivity contribution < 1.29 is 9.53 Å². The van der Waals surface area contributed by atoms with Gasteiger partial charge >= 0.3 is 0 Å². The summed E-state index contributed by atoms with van der Waals surface area (Å²) in [5.74, 6) is 0.568. The Hall–Kier alpha value is -1.61. The Morgan fingerprint density at radius 3 is 3.00 bits per heavy atom. The molecule has 0 atom stereocenters. The highest BCUT2D eigenvalue weighted by Gasteiger charge is 2.03. The third-order valence-corrected chi connectivity index (χ3v) is 1.71. The minimum atomic E-state index is -0.0888. The van der Waals surface area contributed by atoms with Crippen LogP contribution in [0.25, 0.3) is 0 Å². The van der Waals surface area contributed by atoms with Crippen LogP contribution >= 0.6 is 0 Å². The fourth-order valence-electron chi connectivity index (χ4n) is 1.03. The molecule has 0 unspecified atom stereocenters. The summed E-state index contributed by atoms with van der Waals surface area (Å²) in [6.07, 6.45) is 1.65. The minimum Gasteiger partial charge on any atom is -0.490 e. The van der Waals surface area contributed by atoms with Gasteiger partial charge in [-0.2, -0.15) is 0 Å². The summed E-state index contributed by atoms with van der Waals surface area (Å²) in [6.45, 7) is 3.99. The van der Waals surface area contributed by atoms with Crippen LogP contribution in [0.3, 0.4) is 0 Å². The first-order valence-corrected chi connectivity index (χ1v) is 4.35. The van der Waals surface area contributed by atoms with E-state index in [0.717, 1.165) is 0 Å². The van der Waals surface area contributed by atoms with Crippen LogP contribution in [-0.4, -0.2) is 18.9 Å². The fraction of sp³-hybridized carbons (Fsp3) is 0.182. The Kier molecular flexibility index (Phi) is 3.88. The molecule has 0 fully saturated rings. The molecule has 0 saturated heterocycles. The van der Waals surface area contributed by atoms with Crippen LogP contribution in [0.2, 0.25) is 0 Å². The Morgan fingerprint density at radius 1 is 1.57 bits per heavy atom. The Morgan fingerprint density at radius 2 is 2.36 bits per heavy atom. The van der Waals surface area contributed by atoms with Crippen LogP contribution in [0, 0.1) is 0 Å². The fourth-order valence-corrected chi connectivity index (χ4v) is 1.03. The summed E-state index contributed by atoms with van der Waals surface area (Å²) >= 11 is 0. The second-order valence-corrected chi connectivity index (χ2v) is 2.75. The summed E-state index contributed by atoms with van der Waals surface area (Å²) in [6, 6.07) is 6.95. The van der Waals surface area contributed by atoms with Gasteiger partial charge in [0.1, 0.15) is 12.4 Å². The van der Waals surface area contributed by atoms with Gasteiger partial charge in [0.25, 0.3) is 0 Å². The number of ether oxygens (including phenoxy) is 1. The summed E-state index contributed by atoms with van der Waals surface area (Å²) in [4.78, 5) is 11.2. The number of ketones is 1. The first-order chi connectivity index (χ1) is 6.77. The maximum atomic E-state index is 11.2. The zero-order valence-electron chi connectivity index (χ0n) is 7.90. The van der Waals surface area contributed by atoms with Crippen LogP contribution in [0.4, 0.5) is 0 Å². The highest BCUT2D eigenvalue weighted by atomic mass is 16.5. The van der Waals surface area contributed by atoms with Crippen LogP contribution in [0.5, 0.6) is 5.75 Å². The number of nitrogens with two attached hydrogens (primary N) is 1. The van der Waals surface area contributed by atoms with Crippen LogP contribution < -0.4 is 10.5 Å². The second-order valence-electron chi connectivity index (χ2n) is 2.75. The van der Waals surface area contributed by atoms with E-state index in [4.69, 9.17) is 10.5 Å². The maximum absolute atomic E-state index is 11.2. The topological polar surface area (TPSA) is 52.3 Å². The molecule has 3 nitrogen and oxygen atoms in total. The number of carbonyl (C=O) groups excluding carboxylic acids is 1. The van der Waals surface area contributed by atoms with E-state index in [1.807, 2.05) is 0 Å². The van der Waals surface area contributed by atoms with E-state index in [2.05, 4.69) is 6.58 Å². The molecule has 0 aliphatic carbocycles. The van der Waals surface area contributed by atoms with E-state index in [-0.39, 0.29) is 12.3 Å². The molecule has 0 aromatic heterocycles. The predicted octanol–water partition coefficient (Wildman–Crippen LogP) is 1.39. The highest BCUT2D eigenvalue weighted by Crippen LogP contribution is 2.13. The summed E-state index contributed by atoms with van der Waals surface area (Å²) in [5.41, 5.74) is 5.83. The normalized spacial score (nSPS) is 9.50. The highest BCUT2D eigenvalue weighted by molar-refractivity contribution is 5.97. The zero-order chi connectivity index (χ0) is 10.4. The van der Waals surface area contributed by atoms with Crippen molar-refractivity contribution >= 4 is 5.78 Å². The number of benzene rings is 1. The molecule has 0 aliphatic heterocycles. The van der Waals surface area contributed by atoms with Crippen LogP contribution in [0.15, 0.2) is 36.9 Å². The largest absolute Gasteiger partial charge is 0.490 e. The molecule has 2 N–H and O–H groups in total. The van der Waals surface area contributed by atoms with Gasteiger partial charge in [-0.3, -0.25) is 4.79 Å². The molecule has 74 valence electrons. The van der Waals surface area contributed by atoms with Gasteiger partial charge in [0.05, 0.1) is 6.54 Å². The van der Waals surface area contributed by atoms with E-state index in [1.54, 1.807) is 30.3 Å². The first-order valence-electron chi connectivity index (χ1n) is 4.35. The monoisotopic (exact) mass is 191 g/mol. The Balaban J connectivity index is 2.78. The minimum absolute atomic E-state index is 0.0188. The standard InChI is InChI=1S/C11H13NO2/c1-2-6-14-10-5-3-4-9(7-10)11(13)8-12/h2-5,7H,1,6,8,12H2. The van der Waals surface area contributed by atoms with Crippen molar-refractivity contribution in [3.63, 3.8) is 0 Å². The van der Waals surface area contributed by atoms with Crippen molar-refractivity contribution in [3.8, 4) is 5.75 Å². The summed E-state index contributed by atoms with van der Waals surface area (Å²) in [7, 11) is 0. The number of hydrogen-bond acceptors (Lipinski definition) is 3. The summed E-state index contributed by atoms with van der Waals surface area (Å²) in [5, 5.41) is 0. The van der Waals surface area contributed by atoms with Gasteiger partial charge in [-0.25, -0.2) is 0 Å². The van der Waals surface area contributed by atoms with Crippen LogP contribution in [0.1, 0.15) is 10.4 Å². The molecule has 0 radical (unpaired) electrons. The molecule has 0 saturated carbocycles. The third-order valence-electron chi connectivity index (χ3n) is 1.71. The Labute approximate surface area is 83.2 Å². The van der Waals surface area contributed by atoms with E-state index in [0.29, 0.717) is 17.9 Å². The predicted molar refractivity (Wildman–Crippen MR) is 55.5 cm³/mol. The first kappa shape index (κ1) is 10.5. The molecule has 0 aliphatic rings. The molecule has 0 amide bonds. The van der Waals surface area contributed by atoms with Gasteiger partial charge in [-0.1, -0.05) is 24.8 Å². The lowest BCUT2D eigenvalue weighted by Crippen LogP contribution is -2.13. The Bertz CT molecular complexity index is 334. The lowest BCUT2D eigenvalue weighted by molar-refractivity contribution is 0.100. The van der Waals surface area contributed by atoms with Gasteiger partial charge in [0.2, 0.25) is 0 Å². The van der Waals surface area contributed by atoms with Gasteiger partial charge in [-0.15, -0.1) is 0 Å². The SMILES string of the molecule is C=CCOc1cccc(C(=O)CN)c1. The third kappa shape index (κ3) is 2.71. The van der Waals surface area contributed by atoms with Crippen molar-refractivity contribution in [1.82, 2.24) is 0 Å². The summed E-state index contributed by atoms with van der Waals surface area (Å²) < 4.78 is 5.28. The van der Waals surface area contributed by atoms with E-state index in [1.165, 1.54) is 0 Å². The molecule has 0 heterocycles. The van der Waals surface area contributed by atoms with Gasteiger partial charge < -0.3 is 10.5 Å². The van der Waals surface area contributed by atoms with Crippen molar-refractivity contribution in [3.05, 3.63) is 42.5 Å². The van der Waals surface area contributed by atoms with Crippen molar-refractivity contribution in [2.24, 2.45) is 5.73 Å². The van der Waals surface area contributed by atoms with Crippen molar-refractivity contribution in [1.29, 1.82) is 0 Å². The molecule has 1 aromatic rings. The quantitative estimate of drug-likeness (QED) is 0.565. The number of carbonyl (C=O) groups is 1. The van der Waals surface area contributed by atoms with Crippen molar-refractivity contribution in [2.45, 2.75) is 0 Å². The number of hydrogen-bond donors (Lipinski definition) is 1. The molecular weight excluding hydrogens is 178 g/mol. The van der Waals surface area contributed by atoms with Crippen molar-refractivity contribution in [2.75, 3.05) is 13.2 Å². The second kappa shape index (κ2) is 5.19. The lowest BCUT2D eigenvalue weighted by atomic mass is 10.1. The average Bonchev–Trinajstić information content (AvgIpc) is 2.25. The number of Topliss-reactive ketones (excluding diaryl/α,β-unsaturated/α-hetero) is 1. The zero-order valence-corrected chi connectivity index (χ0v) is 7.90. The van der Waals surface area contributed by atoms with Gasteiger partial charge in [0.15, 0.2) is 5.78 Å². The maximum Gasteiger partial charge on any atom is 0.176 e. The average molecular weight is 191 g/mol. The molecular formula is C11H13NO2. The smallest absolute Gasteiger partial charge is 0.176 e. The van der Waals surface area contributed by atoms with Gasteiger partial charge in [-0.05, 0) is 12.1 Å². The van der Waals surface area contributed by atoms with E-state index < -0.39 is 0 Å². The lowest BCUT2D eigenvalue weighted by Gasteiger charge is -2.04. The van der Waals surface area contributed by atoms with E-state index in [9.17, 15) is 4.79 Å².